The number of nitrogens with one attached hydrogen (secondary N) is 3. The van der Waals surface area contributed by atoms with E-state index in [1.807, 2.05) is 29.0 Å². The summed E-state index contributed by atoms with van der Waals surface area (Å²) in [4.78, 5) is 40.9. The summed E-state index contributed by atoms with van der Waals surface area (Å²) in [7, 11) is -4.09. The highest BCUT2D eigenvalue weighted by atomic mass is 32.2. The fourth-order valence-corrected chi connectivity index (χ4v) is 4.44. The van der Waals surface area contributed by atoms with Gasteiger partial charge in [-0.2, -0.15) is 0 Å². The van der Waals surface area contributed by atoms with Crippen LogP contribution in [0.25, 0.3) is 10.9 Å². The highest BCUT2D eigenvalue weighted by Gasteiger charge is 2.24. The first-order chi connectivity index (χ1) is 16.7. The number of Topliss-reactive ketones (excluding diaryl/α,β-unsaturated/α-hetero) is 1. The standard InChI is InChI=1S/C25H28N4O5S/c1-18(30)10-4-2-7-15-23(28-25(32)29-35(33,34)21-12-5-3-6-13-21)24(31)27-20-16-19-11-8-9-14-22(19)26-17-20/h3,5-6,8-9,11-14,16-17,23H,2,4,7,10,15H2,1H3,(H,27,31)(H2,28,29,32)/t23-/m0/s1. The number of carbonyl (C=O) groups excluding carboxylic acids is 3. The number of para-hydroxylation sites is 1. The molecule has 0 saturated carbocycles. The SMILES string of the molecule is CC(=O)CCCCC[C@H](NC(=O)NS(=O)(=O)c1ccccc1)C(=O)Nc1cnc2ccccc2c1. The van der Waals surface area contributed by atoms with E-state index in [0.29, 0.717) is 31.4 Å². The minimum atomic E-state index is -4.09. The second kappa shape index (κ2) is 12.1. The highest BCUT2D eigenvalue weighted by Crippen LogP contribution is 2.17. The molecule has 0 saturated heterocycles. The molecule has 3 aromatic rings. The summed E-state index contributed by atoms with van der Waals surface area (Å²) in [6.07, 6.45) is 4.16. The molecule has 35 heavy (non-hydrogen) atoms. The number of ketones is 1. The van der Waals surface area contributed by atoms with Crippen LogP contribution in [0.4, 0.5) is 10.5 Å². The van der Waals surface area contributed by atoms with Crippen molar-refractivity contribution in [2.45, 2.75) is 50.0 Å². The number of benzene rings is 2. The van der Waals surface area contributed by atoms with Crippen LogP contribution in [0.3, 0.4) is 0 Å². The van der Waals surface area contributed by atoms with Crippen LogP contribution in [0.1, 0.15) is 39.0 Å². The summed E-state index contributed by atoms with van der Waals surface area (Å²) in [6, 6.07) is 14.7. The van der Waals surface area contributed by atoms with Crippen molar-refractivity contribution in [3.05, 3.63) is 66.9 Å². The van der Waals surface area contributed by atoms with Gasteiger partial charge in [-0.15, -0.1) is 0 Å². The summed E-state index contributed by atoms with van der Waals surface area (Å²) < 4.78 is 26.9. The van der Waals surface area contributed by atoms with Crippen LogP contribution in [0.5, 0.6) is 0 Å². The van der Waals surface area contributed by atoms with Gasteiger partial charge in [0.25, 0.3) is 10.0 Å². The Morgan fingerprint density at radius 3 is 2.40 bits per heavy atom. The number of amides is 3. The van der Waals surface area contributed by atoms with Crippen LogP contribution in [0.2, 0.25) is 0 Å². The second-order valence-electron chi connectivity index (χ2n) is 8.15. The van der Waals surface area contributed by atoms with Gasteiger partial charge in [-0.3, -0.25) is 9.78 Å². The predicted molar refractivity (Wildman–Crippen MR) is 133 cm³/mol. The number of unbranched alkanes of at least 4 members (excludes halogenated alkanes) is 2. The third kappa shape index (κ3) is 7.89. The molecule has 0 spiro atoms. The Morgan fingerprint density at radius 1 is 0.943 bits per heavy atom. The van der Waals surface area contributed by atoms with Crippen molar-refractivity contribution < 1.29 is 22.8 Å². The van der Waals surface area contributed by atoms with Gasteiger partial charge in [-0.25, -0.2) is 17.9 Å². The Bertz CT molecular complexity index is 1300. The van der Waals surface area contributed by atoms with E-state index in [9.17, 15) is 22.8 Å². The van der Waals surface area contributed by atoms with Gasteiger partial charge in [0, 0.05) is 11.8 Å². The van der Waals surface area contributed by atoms with Crippen molar-refractivity contribution >= 4 is 44.3 Å². The molecule has 0 fully saturated rings. The molecule has 0 aliphatic carbocycles. The van der Waals surface area contributed by atoms with E-state index < -0.39 is 28.0 Å². The normalized spacial score (nSPS) is 12.0. The van der Waals surface area contributed by atoms with Crippen LogP contribution in [0.15, 0.2) is 71.8 Å². The molecule has 0 radical (unpaired) electrons. The molecule has 1 atom stereocenters. The van der Waals surface area contributed by atoms with Crippen molar-refractivity contribution in [1.29, 1.82) is 0 Å². The van der Waals surface area contributed by atoms with Gasteiger partial charge in [-0.1, -0.05) is 49.2 Å². The van der Waals surface area contributed by atoms with Crippen LogP contribution in [0, 0.1) is 0 Å². The van der Waals surface area contributed by atoms with E-state index in [4.69, 9.17) is 0 Å². The summed E-state index contributed by atoms with van der Waals surface area (Å²) >= 11 is 0. The van der Waals surface area contributed by atoms with Gasteiger partial charge in [0.2, 0.25) is 5.91 Å². The van der Waals surface area contributed by atoms with Gasteiger partial charge >= 0.3 is 6.03 Å². The van der Waals surface area contributed by atoms with E-state index in [2.05, 4.69) is 15.6 Å². The molecule has 3 N–H and O–H groups in total. The molecule has 0 aliphatic rings. The van der Waals surface area contributed by atoms with E-state index in [-0.39, 0.29) is 17.1 Å². The third-order valence-electron chi connectivity index (χ3n) is 5.28. The van der Waals surface area contributed by atoms with Crippen molar-refractivity contribution in [3.8, 4) is 0 Å². The molecule has 1 aromatic heterocycles. The summed E-state index contributed by atoms with van der Waals surface area (Å²) in [6.45, 7) is 1.52. The predicted octanol–water partition coefficient (Wildman–Crippen LogP) is 3.77. The number of hydrogen-bond donors (Lipinski definition) is 3. The number of carbonyl (C=O) groups is 3. The first-order valence-corrected chi connectivity index (χ1v) is 12.8. The zero-order chi connectivity index (χ0) is 25.3. The molecule has 10 heteroatoms. The Morgan fingerprint density at radius 2 is 1.66 bits per heavy atom. The maximum atomic E-state index is 13.0. The molecule has 3 amide bonds. The maximum Gasteiger partial charge on any atom is 0.329 e. The molecular formula is C25H28N4O5S. The van der Waals surface area contributed by atoms with E-state index in [1.165, 1.54) is 25.3 Å². The van der Waals surface area contributed by atoms with Crippen molar-refractivity contribution in [2.75, 3.05) is 5.32 Å². The molecule has 1 heterocycles. The Hall–Kier alpha value is -3.79. The summed E-state index contributed by atoms with van der Waals surface area (Å²) in [5.74, 6) is -0.410. The van der Waals surface area contributed by atoms with Gasteiger partial charge < -0.3 is 15.4 Å². The van der Waals surface area contributed by atoms with Crippen LogP contribution >= 0.6 is 0 Å². The lowest BCUT2D eigenvalue weighted by Gasteiger charge is -2.19. The smallest absolute Gasteiger partial charge is 0.326 e. The van der Waals surface area contributed by atoms with Gasteiger partial charge in [0.15, 0.2) is 0 Å². The molecule has 0 unspecified atom stereocenters. The van der Waals surface area contributed by atoms with E-state index in [0.717, 1.165) is 10.9 Å². The zero-order valence-electron chi connectivity index (χ0n) is 19.4. The lowest BCUT2D eigenvalue weighted by molar-refractivity contribution is -0.118. The summed E-state index contributed by atoms with van der Waals surface area (Å²) in [5, 5.41) is 6.06. The molecule has 184 valence electrons. The number of nitrogens with zero attached hydrogens (tertiary/aromatic N) is 1. The highest BCUT2D eigenvalue weighted by molar-refractivity contribution is 7.90. The number of urea groups is 1. The average Bonchev–Trinajstić information content (AvgIpc) is 2.83. The largest absolute Gasteiger partial charge is 0.329 e. The lowest BCUT2D eigenvalue weighted by Crippen LogP contribution is -2.49. The Labute approximate surface area is 204 Å². The topological polar surface area (TPSA) is 134 Å². The number of aromatic nitrogens is 1. The molecular weight excluding hydrogens is 468 g/mol. The fraction of sp³-hybridized carbons (Fsp3) is 0.280. The van der Waals surface area contributed by atoms with Crippen LogP contribution in [-0.4, -0.2) is 37.2 Å². The second-order valence-corrected chi connectivity index (χ2v) is 9.83. The minimum absolute atomic E-state index is 0.0670. The van der Waals surface area contributed by atoms with E-state index >= 15 is 0 Å². The molecule has 0 bridgehead atoms. The van der Waals surface area contributed by atoms with Gasteiger partial charge in [0.05, 0.1) is 22.3 Å². The molecule has 2 aromatic carbocycles. The number of sulfonamides is 1. The zero-order valence-corrected chi connectivity index (χ0v) is 20.2. The molecule has 0 aliphatic heterocycles. The number of anilines is 1. The third-order valence-corrected chi connectivity index (χ3v) is 6.63. The number of hydrogen-bond acceptors (Lipinski definition) is 6. The lowest BCUT2D eigenvalue weighted by atomic mass is 10.1. The van der Waals surface area contributed by atoms with Crippen molar-refractivity contribution in [3.63, 3.8) is 0 Å². The number of fused-ring (bicyclic) bond motifs is 1. The van der Waals surface area contributed by atoms with E-state index in [1.54, 1.807) is 24.3 Å². The molecule has 3 rings (SSSR count). The fourth-order valence-electron chi connectivity index (χ4n) is 3.51. The Balaban J connectivity index is 1.68. The van der Waals surface area contributed by atoms with Crippen LogP contribution < -0.4 is 15.4 Å². The Kier molecular flexibility index (Phi) is 8.91. The monoisotopic (exact) mass is 496 g/mol. The minimum Gasteiger partial charge on any atom is -0.326 e. The van der Waals surface area contributed by atoms with Crippen LogP contribution in [-0.2, 0) is 19.6 Å². The first-order valence-electron chi connectivity index (χ1n) is 11.3. The maximum absolute atomic E-state index is 13.0. The first kappa shape index (κ1) is 25.8. The average molecular weight is 497 g/mol. The quantitative estimate of drug-likeness (QED) is 0.346. The molecule has 9 nitrogen and oxygen atoms in total. The number of rotatable bonds is 11. The van der Waals surface area contributed by atoms with Gasteiger partial charge in [0.1, 0.15) is 11.8 Å². The summed E-state index contributed by atoms with van der Waals surface area (Å²) in [5.41, 5.74) is 1.23. The van der Waals surface area contributed by atoms with Crippen molar-refractivity contribution in [1.82, 2.24) is 15.0 Å². The van der Waals surface area contributed by atoms with Gasteiger partial charge in [-0.05, 0) is 44.0 Å². The van der Waals surface area contributed by atoms with Crippen molar-refractivity contribution in [2.24, 2.45) is 0 Å². The number of pyridine rings is 1.